The molecule has 0 heterocycles. The van der Waals surface area contributed by atoms with Crippen LogP contribution in [-0.4, -0.2) is 43.5 Å². The number of methoxy groups -OCH3 is 3. The van der Waals surface area contributed by atoms with Gasteiger partial charge in [0.05, 0.1) is 26.9 Å². The maximum Gasteiger partial charge on any atom is 0.351 e. The zero-order valence-corrected chi connectivity index (χ0v) is 15.8. The van der Waals surface area contributed by atoms with Crippen LogP contribution in [0.15, 0.2) is 36.4 Å². The number of hydrogen-bond donors (Lipinski definition) is 3. The van der Waals surface area contributed by atoms with Crippen LogP contribution >= 0.6 is 0 Å². The molecule has 0 saturated carbocycles. The predicted octanol–water partition coefficient (Wildman–Crippen LogP) is -0.497. The van der Waals surface area contributed by atoms with Crippen LogP contribution in [0.25, 0.3) is 0 Å². The Bertz CT molecular complexity index is 795. The number of para-hydroxylation sites is 1. The van der Waals surface area contributed by atoms with Crippen molar-refractivity contribution in [3.63, 3.8) is 0 Å². The van der Waals surface area contributed by atoms with E-state index in [1.807, 2.05) is 30.3 Å². The summed E-state index contributed by atoms with van der Waals surface area (Å²) >= 11 is 0. The summed E-state index contributed by atoms with van der Waals surface area (Å²) in [6.45, 7) is 1.54. The van der Waals surface area contributed by atoms with E-state index in [9.17, 15) is 5.11 Å². The second-order valence-corrected chi connectivity index (χ2v) is 5.45. The number of phenolic OH excluding ortho intramolecular Hbond substituents is 1. The number of aliphatic carboxylic acids is 2. The molecule has 9 heteroatoms. The highest BCUT2D eigenvalue weighted by Gasteiger charge is 2.11. The predicted molar refractivity (Wildman–Crippen MR) is 96.2 cm³/mol. The number of rotatable bonds is 7. The summed E-state index contributed by atoms with van der Waals surface area (Å²) in [5.74, 6) is -1.86. The molecule has 0 fully saturated rings. The van der Waals surface area contributed by atoms with Gasteiger partial charge in [-0.1, -0.05) is 6.07 Å². The lowest BCUT2D eigenvalue weighted by molar-refractivity contribution is -0.686. The van der Waals surface area contributed by atoms with Gasteiger partial charge in [0.15, 0.2) is 29.0 Å². The molecule has 4 N–H and O–H groups in total. The van der Waals surface area contributed by atoms with Crippen LogP contribution in [-0.2, 0) is 22.7 Å². The lowest BCUT2D eigenvalue weighted by Gasteiger charge is -2.12. The van der Waals surface area contributed by atoms with Crippen molar-refractivity contribution in [2.45, 2.75) is 13.1 Å². The van der Waals surface area contributed by atoms with Crippen LogP contribution in [0.4, 0.5) is 0 Å². The fourth-order valence-electron chi connectivity index (χ4n) is 2.36. The summed E-state index contributed by atoms with van der Waals surface area (Å²) < 4.78 is 15.8. The maximum atomic E-state index is 9.60. The van der Waals surface area contributed by atoms with Gasteiger partial charge in [-0.25, -0.2) is 4.79 Å². The van der Waals surface area contributed by atoms with Crippen LogP contribution in [0.3, 0.4) is 0 Å². The van der Waals surface area contributed by atoms with Gasteiger partial charge in [-0.3, -0.25) is 0 Å². The minimum absolute atomic E-state index is 0.153. The average Bonchev–Trinajstić information content (AvgIpc) is 2.69. The first-order chi connectivity index (χ1) is 13.3. The number of carbonyl (C=O) groups excluding carboxylic acids is 1. The Balaban J connectivity index is 0.000000568. The van der Waals surface area contributed by atoms with E-state index in [1.54, 1.807) is 27.4 Å². The third-order valence-electron chi connectivity index (χ3n) is 3.65. The number of phenols is 1. The summed E-state index contributed by atoms with van der Waals surface area (Å²) in [4.78, 5) is 18.0. The first kappa shape index (κ1) is 22.6. The van der Waals surface area contributed by atoms with Gasteiger partial charge in [0, 0.05) is 5.56 Å². The summed E-state index contributed by atoms with van der Waals surface area (Å²) in [5.41, 5.74) is 2.16. The molecule has 0 aliphatic carbocycles. The fourth-order valence-corrected chi connectivity index (χ4v) is 2.36. The molecule has 0 atom stereocenters. The number of carbonyl (C=O) groups is 2. The van der Waals surface area contributed by atoms with Gasteiger partial charge in [-0.15, -0.1) is 0 Å². The number of quaternary nitrogens is 1. The van der Waals surface area contributed by atoms with Gasteiger partial charge in [0.2, 0.25) is 0 Å². The lowest BCUT2D eigenvalue weighted by atomic mass is 10.1. The summed E-state index contributed by atoms with van der Waals surface area (Å²) in [6.07, 6.45) is 0. The number of carboxylic acids is 2. The number of hydrogen-bond acceptors (Lipinski definition) is 7. The molecule has 0 bridgehead atoms. The zero-order chi connectivity index (χ0) is 21.1. The van der Waals surface area contributed by atoms with E-state index in [0.29, 0.717) is 5.75 Å². The average molecular weight is 393 g/mol. The number of ether oxygens (including phenoxy) is 3. The minimum atomic E-state index is -2.07. The Kier molecular flexibility index (Phi) is 9.11. The van der Waals surface area contributed by atoms with E-state index in [-0.39, 0.29) is 5.75 Å². The number of benzene rings is 2. The molecule has 0 aliphatic rings. The molecule has 28 heavy (non-hydrogen) atoms. The van der Waals surface area contributed by atoms with Crippen molar-refractivity contribution < 1.29 is 44.4 Å². The third kappa shape index (κ3) is 6.69. The maximum absolute atomic E-state index is 9.60. The molecule has 0 radical (unpaired) electrons. The van der Waals surface area contributed by atoms with Crippen LogP contribution in [0.5, 0.6) is 23.0 Å². The zero-order valence-electron chi connectivity index (χ0n) is 15.8. The van der Waals surface area contributed by atoms with E-state index in [1.165, 1.54) is 0 Å². The van der Waals surface area contributed by atoms with Crippen LogP contribution in [0, 0.1) is 0 Å². The highest BCUT2D eigenvalue weighted by atomic mass is 16.5. The van der Waals surface area contributed by atoms with Crippen LogP contribution in [0.2, 0.25) is 0 Å². The van der Waals surface area contributed by atoms with Crippen molar-refractivity contribution in [3.05, 3.63) is 47.5 Å². The molecule has 0 aromatic heterocycles. The topological polar surface area (TPSA) is 142 Å². The SMILES string of the molecule is COc1cc(C[NH2+]Cc2cccc(OC)c2OC)ccc1O.O=C([O-])C(=O)O. The van der Waals surface area contributed by atoms with E-state index < -0.39 is 11.9 Å². The Morgan fingerprint density at radius 2 is 1.64 bits per heavy atom. The highest BCUT2D eigenvalue weighted by Crippen LogP contribution is 2.30. The van der Waals surface area contributed by atoms with E-state index in [2.05, 4.69) is 5.32 Å². The second kappa shape index (κ2) is 11.3. The molecule has 2 aromatic rings. The number of carboxylic acid groups (broad SMARTS) is 2. The molecule has 0 unspecified atom stereocenters. The quantitative estimate of drug-likeness (QED) is 0.535. The van der Waals surface area contributed by atoms with Crippen molar-refractivity contribution >= 4 is 11.9 Å². The smallest absolute Gasteiger partial charge is 0.351 e. The minimum Gasteiger partial charge on any atom is -0.539 e. The molecular formula is C19H23NO8. The molecule has 152 valence electrons. The summed E-state index contributed by atoms with van der Waals surface area (Å²) in [7, 11) is 4.82. The third-order valence-corrected chi connectivity index (χ3v) is 3.65. The van der Waals surface area contributed by atoms with Crippen molar-refractivity contribution in [2.24, 2.45) is 0 Å². The van der Waals surface area contributed by atoms with E-state index >= 15 is 0 Å². The van der Waals surface area contributed by atoms with Crippen molar-refractivity contribution in [1.82, 2.24) is 0 Å². The molecule has 0 amide bonds. The van der Waals surface area contributed by atoms with Gasteiger partial charge in [0.25, 0.3) is 0 Å². The Morgan fingerprint density at radius 1 is 1.00 bits per heavy atom. The first-order valence-electron chi connectivity index (χ1n) is 8.15. The fraction of sp³-hybridized carbons (Fsp3) is 0.263. The normalized spacial score (nSPS) is 9.68. The van der Waals surface area contributed by atoms with Gasteiger partial charge < -0.3 is 39.6 Å². The number of nitrogens with two attached hydrogens (primary N) is 1. The van der Waals surface area contributed by atoms with Gasteiger partial charge >= 0.3 is 5.97 Å². The standard InChI is InChI=1S/C17H21NO4.C2H2O4/c1-20-15-6-4-5-13(17(15)22-3)11-18-10-12-7-8-14(19)16(9-12)21-2;3-1(4)2(5)6/h4-9,18-19H,10-11H2,1-3H3;(H,3,4)(H,5,6). The Hall–Kier alpha value is -3.46. The summed E-state index contributed by atoms with van der Waals surface area (Å²) in [5, 5.41) is 28.1. The van der Waals surface area contributed by atoms with Gasteiger partial charge in [-0.2, -0.15) is 0 Å². The molecule has 0 saturated heterocycles. The lowest BCUT2D eigenvalue weighted by Crippen LogP contribution is -2.80. The van der Waals surface area contributed by atoms with Crippen molar-refractivity contribution in [3.8, 4) is 23.0 Å². The molecule has 0 spiro atoms. The first-order valence-corrected chi connectivity index (χ1v) is 8.15. The van der Waals surface area contributed by atoms with Gasteiger partial charge in [-0.05, 0) is 30.3 Å². The van der Waals surface area contributed by atoms with Crippen molar-refractivity contribution in [2.75, 3.05) is 21.3 Å². The largest absolute Gasteiger partial charge is 0.539 e. The van der Waals surface area contributed by atoms with Crippen LogP contribution < -0.4 is 24.6 Å². The summed E-state index contributed by atoms with van der Waals surface area (Å²) in [6, 6.07) is 11.2. The van der Waals surface area contributed by atoms with E-state index in [0.717, 1.165) is 35.7 Å². The Morgan fingerprint density at radius 3 is 2.18 bits per heavy atom. The number of aromatic hydroxyl groups is 1. The van der Waals surface area contributed by atoms with Crippen LogP contribution in [0.1, 0.15) is 11.1 Å². The highest BCUT2D eigenvalue weighted by molar-refractivity contribution is 6.26. The molecule has 2 rings (SSSR count). The van der Waals surface area contributed by atoms with Gasteiger partial charge in [0.1, 0.15) is 13.1 Å². The monoisotopic (exact) mass is 393 g/mol. The molecule has 2 aromatic carbocycles. The van der Waals surface area contributed by atoms with Crippen molar-refractivity contribution in [1.29, 1.82) is 0 Å². The Labute approximate surface area is 162 Å². The van der Waals surface area contributed by atoms with E-state index in [4.69, 9.17) is 34.0 Å². The molecular weight excluding hydrogens is 370 g/mol. The second-order valence-electron chi connectivity index (χ2n) is 5.45. The molecule has 9 nitrogen and oxygen atoms in total. The molecule has 0 aliphatic heterocycles.